The number of thioether (sulfide) groups is 1. The van der Waals surface area contributed by atoms with Crippen molar-refractivity contribution < 1.29 is 9.53 Å². The van der Waals surface area contributed by atoms with E-state index >= 15 is 0 Å². The quantitative estimate of drug-likeness (QED) is 0.672. The molecule has 0 aliphatic carbocycles. The maximum atomic E-state index is 12.2. The third-order valence-electron chi connectivity index (χ3n) is 3.07. The fourth-order valence-electron chi connectivity index (χ4n) is 1.84. The van der Waals surface area contributed by atoms with Crippen molar-refractivity contribution in [3.63, 3.8) is 0 Å². The molecule has 0 saturated heterocycles. The number of rotatable bonds is 6. The lowest BCUT2D eigenvalue weighted by Crippen LogP contribution is -2.22. The molecule has 8 nitrogen and oxygen atoms in total. The van der Waals surface area contributed by atoms with Crippen LogP contribution in [0.3, 0.4) is 0 Å². The van der Waals surface area contributed by atoms with Crippen LogP contribution in [0.4, 0.5) is 5.13 Å². The van der Waals surface area contributed by atoms with E-state index in [0.29, 0.717) is 10.3 Å². The summed E-state index contributed by atoms with van der Waals surface area (Å²) >= 11 is 2.64. The number of nitrogens with zero attached hydrogens (tertiary/aromatic N) is 5. The summed E-state index contributed by atoms with van der Waals surface area (Å²) in [6.07, 6.45) is 1.64. The van der Waals surface area contributed by atoms with Gasteiger partial charge < -0.3 is 10.1 Å². The monoisotopic (exact) mass is 362 g/mol. The van der Waals surface area contributed by atoms with E-state index in [1.54, 1.807) is 30.3 Å². The number of amides is 1. The van der Waals surface area contributed by atoms with Gasteiger partial charge in [-0.1, -0.05) is 11.8 Å². The van der Waals surface area contributed by atoms with Gasteiger partial charge in [-0.25, -0.2) is 4.98 Å². The minimum absolute atomic E-state index is 0.153. The fourth-order valence-corrected chi connectivity index (χ4v) is 3.18. The normalized spacial score (nSPS) is 11.9. The standard InChI is InChI=1S/C14H14N6O2S2/c1-9(12(21)16-13-15-7-8-23-13)24-14-17-18-19-20(14)10-3-5-11(22-2)6-4-10/h3-9H,1-2H3,(H,15,16,21). The molecule has 3 rings (SSSR count). The highest BCUT2D eigenvalue weighted by Crippen LogP contribution is 2.25. The molecule has 0 radical (unpaired) electrons. The Bertz CT molecular complexity index is 803. The van der Waals surface area contributed by atoms with Gasteiger partial charge in [0.2, 0.25) is 11.1 Å². The molecular weight excluding hydrogens is 348 g/mol. The van der Waals surface area contributed by atoms with Crippen LogP contribution in [0.15, 0.2) is 41.0 Å². The highest BCUT2D eigenvalue weighted by atomic mass is 32.2. The van der Waals surface area contributed by atoms with E-state index in [9.17, 15) is 4.79 Å². The zero-order chi connectivity index (χ0) is 16.9. The maximum absolute atomic E-state index is 12.2. The number of methoxy groups -OCH3 is 1. The van der Waals surface area contributed by atoms with Gasteiger partial charge >= 0.3 is 0 Å². The van der Waals surface area contributed by atoms with Crippen molar-refractivity contribution in [2.75, 3.05) is 12.4 Å². The largest absolute Gasteiger partial charge is 0.497 e. The molecule has 1 aromatic carbocycles. The van der Waals surface area contributed by atoms with Crippen LogP contribution in [0, 0.1) is 0 Å². The number of anilines is 1. The van der Waals surface area contributed by atoms with E-state index in [2.05, 4.69) is 25.8 Å². The van der Waals surface area contributed by atoms with Gasteiger partial charge in [0.25, 0.3) is 0 Å². The summed E-state index contributed by atoms with van der Waals surface area (Å²) in [6.45, 7) is 1.79. The molecule has 1 amide bonds. The number of carbonyl (C=O) groups is 1. The van der Waals surface area contributed by atoms with Crippen LogP contribution < -0.4 is 10.1 Å². The van der Waals surface area contributed by atoms with Gasteiger partial charge in [-0.3, -0.25) is 4.79 Å². The molecule has 3 aromatic rings. The molecule has 24 heavy (non-hydrogen) atoms. The second-order valence-corrected chi connectivity index (χ2v) is 6.86. The summed E-state index contributed by atoms with van der Waals surface area (Å²) in [5.41, 5.74) is 0.788. The summed E-state index contributed by atoms with van der Waals surface area (Å²) in [4.78, 5) is 16.2. The average molecular weight is 362 g/mol. The van der Waals surface area contributed by atoms with Crippen molar-refractivity contribution in [1.29, 1.82) is 0 Å². The molecule has 0 aliphatic heterocycles. The van der Waals surface area contributed by atoms with Gasteiger partial charge in [0.1, 0.15) is 5.75 Å². The summed E-state index contributed by atoms with van der Waals surface area (Å²) in [7, 11) is 1.61. The molecule has 0 aliphatic rings. The Labute approximate surface area is 146 Å². The van der Waals surface area contributed by atoms with Crippen LogP contribution in [0.25, 0.3) is 5.69 Å². The van der Waals surface area contributed by atoms with Gasteiger partial charge in [0, 0.05) is 11.6 Å². The maximum Gasteiger partial charge on any atom is 0.239 e. The lowest BCUT2D eigenvalue weighted by Gasteiger charge is -2.10. The summed E-state index contributed by atoms with van der Waals surface area (Å²) in [5, 5.41) is 17.0. The smallest absolute Gasteiger partial charge is 0.239 e. The average Bonchev–Trinajstić information content (AvgIpc) is 3.27. The van der Waals surface area contributed by atoms with Gasteiger partial charge in [-0.15, -0.1) is 16.4 Å². The Morgan fingerprint density at radius 3 is 2.83 bits per heavy atom. The molecule has 0 spiro atoms. The first kappa shape index (κ1) is 16.4. The Morgan fingerprint density at radius 2 is 2.17 bits per heavy atom. The number of aromatic nitrogens is 5. The van der Waals surface area contributed by atoms with Gasteiger partial charge in [-0.2, -0.15) is 4.68 Å². The molecule has 10 heteroatoms. The molecule has 1 atom stereocenters. The number of hydrogen-bond donors (Lipinski definition) is 1. The van der Waals surface area contributed by atoms with Crippen molar-refractivity contribution in [3.05, 3.63) is 35.8 Å². The number of nitrogens with one attached hydrogen (secondary N) is 1. The molecule has 2 heterocycles. The lowest BCUT2D eigenvalue weighted by molar-refractivity contribution is -0.115. The van der Waals surface area contributed by atoms with Crippen molar-refractivity contribution >= 4 is 34.1 Å². The van der Waals surface area contributed by atoms with Crippen molar-refractivity contribution in [2.24, 2.45) is 0 Å². The Hall–Kier alpha value is -2.46. The second kappa shape index (κ2) is 7.41. The fraction of sp³-hybridized carbons (Fsp3) is 0.214. The molecule has 0 saturated carbocycles. The molecule has 1 unspecified atom stereocenters. The van der Waals surface area contributed by atoms with Gasteiger partial charge in [0.15, 0.2) is 5.13 Å². The van der Waals surface area contributed by atoms with Crippen molar-refractivity contribution in [3.8, 4) is 11.4 Å². The number of carbonyl (C=O) groups excluding carboxylic acids is 1. The van der Waals surface area contributed by atoms with E-state index in [4.69, 9.17) is 4.74 Å². The third-order valence-corrected chi connectivity index (χ3v) is 4.79. The summed E-state index contributed by atoms with van der Waals surface area (Å²) in [6, 6.07) is 7.34. The minimum Gasteiger partial charge on any atom is -0.497 e. The van der Waals surface area contributed by atoms with Gasteiger partial charge in [-0.05, 0) is 41.6 Å². The molecule has 124 valence electrons. The summed E-state index contributed by atoms with van der Waals surface area (Å²) < 4.78 is 6.72. The Morgan fingerprint density at radius 1 is 1.38 bits per heavy atom. The highest BCUT2D eigenvalue weighted by molar-refractivity contribution is 8.00. The summed E-state index contributed by atoms with van der Waals surface area (Å²) in [5.74, 6) is 0.594. The Kier molecular flexibility index (Phi) is 5.06. The van der Waals surface area contributed by atoms with Gasteiger partial charge in [0.05, 0.1) is 18.0 Å². The predicted octanol–water partition coefficient (Wildman–Crippen LogP) is 2.25. The van der Waals surface area contributed by atoms with Crippen LogP contribution in [0.2, 0.25) is 0 Å². The van der Waals surface area contributed by atoms with E-state index in [-0.39, 0.29) is 11.2 Å². The lowest BCUT2D eigenvalue weighted by atomic mass is 10.3. The van der Waals surface area contributed by atoms with E-state index in [1.807, 2.05) is 24.3 Å². The van der Waals surface area contributed by atoms with Crippen LogP contribution in [-0.2, 0) is 4.79 Å². The van der Waals surface area contributed by atoms with E-state index in [1.165, 1.54) is 23.1 Å². The Balaban J connectivity index is 1.71. The number of ether oxygens (including phenoxy) is 1. The van der Waals surface area contributed by atoms with Crippen molar-refractivity contribution in [1.82, 2.24) is 25.2 Å². The second-order valence-electron chi connectivity index (χ2n) is 4.66. The molecular formula is C14H14N6O2S2. The van der Waals surface area contributed by atoms with Crippen molar-refractivity contribution in [2.45, 2.75) is 17.3 Å². The van der Waals surface area contributed by atoms with E-state index in [0.717, 1.165) is 11.4 Å². The van der Waals surface area contributed by atoms with Crippen LogP contribution in [-0.4, -0.2) is 43.5 Å². The topological polar surface area (TPSA) is 94.8 Å². The molecule has 0 fully saturated rings. The molecule has 2 aromatic heterocycles. The molecule has 0 bridgehead atoms. The molecule has 1 N–H and O–H groups in total. The zero-order valence-electron chi connectivity index (χ0n) is 12.9. The zero-order valence-corrected chi connectivity index (χ0v) is 14.5. The minimum atomic E-state index is -0.378. The number of tetrazole rings is 1. The number of thiazole rings is 1. The number of benzene rings is 1. The first-order valence-electron chi connectivity index (χ1n) is 6.97. The van der Waals surface area contributed by atoms with Crippen LogP contribution in [0.5, 0.6) is 5.75 Å². The predicted molar refractivity (Wildman–Crippen MR) is 91.8 cm³/mol. The highest BCUT2D eigenvalue weighted by Gasteiger charge is 2.20. The third kappa shape index (κ3) is 3.71. The SMILES string of the molecule is COc1ccc(-n2nnnc2SC(C)C(=O)Nc2nccs2)cc1. The first-order chi connectivity index (χ1) is 11.7. The van der Waals surface area contributed by atoms with E-state index < -0.39 is 0 Å². The van der Waals surface area contributed by atoms with Crippen LogP contribution in [0.1, 0.15) is 6.92 Å². The van der Waals surface area contributed by atoms with Crippen LogP contribution >= 0.6 is 23.1 Å². The number of hydrogen-bond acceptors (Lipinski definition) is 8. The first-order valence-corrected chi connectivity index (χ1v) is 8.73.